The predicted molar refractivity (Wildman–Crippen MR) is 112 cm³/mol. The first-order valence-electron chi connectivity index (χ1n) is 11.9. The van der Waals surface area contributed by atoms with Crippen molar-refractivity contribution >= 4 is 11.8 Å². The number of carboxylic acid groups (broad SMARTS) is 1. The molecule has 0 amide bonds. The molecule has 4 saturated carbocycles. The maximum Gasteiger partial charge on any atom is 0.303 e. The molecule has 0 aromatic heterocycles. The highest BCUT2D eigenvalue weighted by Gasteiger charge is 2.68. The van der Waals surface area contributed by atoms with E-state index in [0.717, 1.165) is 12.8 Å². The van der Waals surface area contributed by atoms with E-state index in [0.29, 0.717) is 19.3 Å². The first kappa shape index (κ1) is 23.1. The number of aliphatic hydroxyl groups excluding tert-OH is 2. The van der Waals surface area contributed by atoms with Crippen molar-refractivity contribution in [1.82, 2.24) is 0 Å². The standard InChI is InChI=1S/C24H38O7/c1-12(4-7-18(26)27)13-5-6-14-19-15(10-17(25)23(13,14)3)22(2)8-9-24(30,31)11-16(22)20(28)21(19)29/h12-17,19,21,25,29-31H,4-11H2,1-3H3,(H,26,27)/t12-,13-,14?,15?,16+,17+,19?,21?,22-,23-/m1/s1. The predicted octanol–water partition coefficient (Wildman–Crippen LogP) is 1.95. The lowest BCUT2D eigenvalue weighted by molar-refractivity contribution is -0.246. The van der Waals surface area contributed by atoms with E-state index in [2.05, 4.69) is 13.8 Å². The number of rotatable bonds is 4. The highest BCUT2D eigenvalue weighted by molar-refractivity contribution is 5.87. The van der Waals surface area contributed by atoms with Crippen molar-refractivity contribution in [2.75, 3.05) is 0 Å². The summed E-state index contributed by atoms with van der Waals surface area (Å²) in [6.45, 7) is 6.17. The van der Waals surface area contributed by atoms with Crippen LogP contribution < -0.4 is 0 Å². The Labute approximate surface area is 183 Å². The summed E-state index contributed by atoms with van der Waals surface area (Å²) >= 11 is 0. The third-order valence-electron chi connectivity index (χ3n) is 10.2. The van der Waals surface area contributed by atoms with E-state index in [1.54, 1.807) is 0 Å². The summed E-state index contributed by atoms with van der Waals surface area (Å²) < 4.78 is 0. The number of aliphatic carboxylic acids is 1. The molecule has 0 bridgehead atoms. The van der Waals surface area contributed by atoms with Crippen LogP contribution in [0.1, 0.15) is 72.1 Å². The van der Waals surface area contributed by atoms with Gasteiger partial charge in [0, 0.05) is 25.2 Å². The minimum Gasteiger partial charge on any atom is -0.481 e. The van der Waals surface area contributed by atoms with E-state index in [1.807, 2.05) is 6.92 Å². The van der Waals surface area contributed by atoms with Crippen LogP contribution in [0.5, 0.6) is 0 Å². The third-order valence-corrected chi connectivity index (χ3v) is 10.2. The van der Waals surface area contributed by atoms with E-state index in [-0.39, 0.29) is 54.6 Å². The minimum atomic E-state index is -1.88. The molecule has 0 spiro atoms. The van der Waals surface area contributed by atoms with Gasteiger partial charge in [0.15, 0.2) is 11.6 Å². The van der Waals surface area contributed by atoms with Crippen molar-refractivity contribution in [1.29, 1.82) is 0 Å². The number of carbonyl (C=O) groups is 2. The van der Waals surface area contributed by atoms with Crippen LogP contribution in [0.2, 0.25) is 0 Å². The number of carboxylic acids is 1. The van der Waals surface area contributed by atoms with Gasteiger partial charge in [-0.05, 0) is 72.5 Å². The second-order valence-corrected chi connectivity index (χ2v) is 11.6. The van der Waals surface area contributed by atoms with Crippen LogP contribution in [-0.4, -0.2) is 55.3 Å². The van der Waals surface area contributed by atoms with Crippen molar-refractivity contribution in [3.8, 4) is 0 Å². The van der Waals surface area contributed by atoms with Crippen molar-refractivity contribution in [2.24, 2.45) is 46.3 Å². The van der Waals surface area contributed by atoms with Gasteiger partial charge in [-0.15, -0.1) is 0 Å². The third kappa shape index (κ3) is 3.38. The van der Waals surface area contributed by atoms with Gasteiger partial charge in [-0.1, -0.05) is 20.8 Å². The van der Waals surface area contributed by atoms with E-state index in [1.165, 1.54) is 0 Å². The SMILES string of the molecule is C[C@H](CCC(=O)O)[C@H]1CCC2C3C(O)C(=O)[C@@H]4CC(O)(O)CC[C@]4(C)C3C[C@H](O)[C@@]21C. The molecule has 31 heavy (non-hydrogen) atoms. The molecule has 0 radical (unpaired) electrons. The van der Waals surface area contributed by atoms with Gasteiger partial charge >= 0.3 is 5.97 Å². The summed E-state index contributed by atoms with van der Waals surface area (Å²) in [6.07, 6.45) is 1.69. The molecule has 7 nitrogen and oxygen atoms in total. The van der Waals surface area contributed by atoms with Gasteiger partial charge in [-0.2, -0.15) is 0 Å². The summed E-state index contributed by atoms with van der Waals surface area (Å²) in [4.78, 5) is 24.3. The zero-order valence-corrected chi connectivity index (χ0v) is 18.8. The van der Waals surface area contributed by atoms with Crippen molar-refractivity contribution in [3.63, 3.8) is 0 Å². The average Bonchev–Trinajstić information content (AvgIpc) is 3.05. The molecule has 4 rings (SSSR count). The Balaban J connectivity index is 1.66. The fourth-order valence-corrected chi connectivity index (χ4v) is 8.46. The molecule has 4 aliphatic rings. The van der Waals surface area contributed by atoms with Gasteiger partial charge in [-0.3, -0.25) is 9.59 Å². The van der Waals surface area contributed by atoms with Gasteiger partial charge in [0.2, 0.25) is 0 Å². The van der Waals surface area contributed by atoms with Gasteiger partial charge in [0.1, 0.15) is 6.10 Å². The number of ketones is 1. The Morgan fingerprint density at radius 2 is 1.81 bits per heavy atom. The number of fused-ring (bicyclic) bond motifs is 5. The van der Waals surface area contributed by atoms with Crippen molar-refractivity contribution < 1.29 is 35.1 Å². The lowest BCUT2D eigenvalue weighted by Gasteiger charge is -2.63. The highest BCUT2D eigenvalue weighted by Crippen LogP contribution is 2.68. The Morgan fingerprint density at radius 1 is 1.13 bits per heavy atom. The van der Waals surface area contributed by atoms with Crippen LogP contribution in [0.3, 0.4) is 0 Å². The van der Waals surface area contributed by atoms with E-state index in [4.69, 9.17) is 5.11 Å². The van der Waals surface area contributed by atoms with Gasteiger partial charge in [0.05, 0.1) is 6.10 Å². The summed E-state index contributed by atoms with van der Waals surface area (Å²) in [5.74, 6) is -3.62. The lowest BCUT2D eigenvalue weighted by atomic mass is 9.42. The monoisotopic (exact) mass is 438 g/mol. The van der Waals surface area contributed by atoms with E-state index in [9.17, 15) is 30.0 Å². The van der Waals surface area contributed by atoms with Gasteiger partial charge in [0.25, 0.3) is 0 Å². The fraction of sp³-hybridized carbons (Fsp3) is 0.917. The molecule has 0 heterocycles. The number of Topliss-reactive ketones (excluding diaryl/α,β-unsaturated/α-hetero) is 1. The maximum atomic E-state index is 13.3. The van der Waals surface area contributed by atoms with E-state index < -0.39 is 40.7 Å². The Kier molecular flexibility index (Phi) is 5.60. The Morgan fingerprint density at radius 3 is 2.45 bits per heavy atom. The maximum absolute atomic E-state index is 13.3. The largest absolute Gasteiger partial charge is 0.481 e. The molecular weight excluding hydrogens is 400 g/mol. The molecule has 0 saturated heterocycles. The molecule has 4 fully saturated rings. The number of carbonyl (C=O) groups excluding carboxylic acids is 1. The molecule has 0 aromatic carbocycles. The van der Waals surface area contributed by atoms with Crippen molar-refractivity contribution in [2.45, 2.75) is 90.1 Å². The summed E-state index contributed by atoms with van der Waals surface area (Å²) in [6, 6.07) is 0. The molecule has 7 heteroatoms. The normalized spacial score (nSPS) is 49.6. The molecule has 4 aliphatic carbocycles. The number of aliphatic hydroxyl groups is 4. The second-order valence-electron chi connectivity index (χ2n) is 11.6. The summed E-state index contributed by atoms with van der Waals surface area (Å²) in [5, 5.41) is 52.1. The first-order valence-corrected chi connectivity index (χ1v) is 11.9. The van der Waals surface area contributed by atoms with Crippen molar-refractivity contribution in [3.05, 3.63) is 0 Å². The highest BCUT2D eigenvalue weighted by atomic mass is 16.5. The molecule has 0 aliphatic heterocycles. The molecule has 4 unspecified atom stereocenters. The number of hydrogen-bond acceptors (Lipinski definition) is 6. The molecule has 5 N–H and O–H groups in total. The lowest BCUT2D eigenvalue weighted by Crippen LogP contribution is -2.66. The molecule has 176 valence electrons. The zero-order chi connectivity index (χ0) is 22.9. The molecule has 10 atom stereocenters. The Hall–Kier alpha value is -1.02. The van der Waals surface area contributed by atoms with Crippen LogP contribution in [-0.2, 0) is 9.59 Å². The van der Waals surface area contributed by atoms with Crippen LogP contribution in [0.25, 0.3) is 0 Å². The molecule has 0 aromatic rings. The van der Waals surface area contributed by atoms with Crippen LogP contribution in [0.4, 0.5) is 0 Å². The summed E-state index contributed by atoms with van der Waals surface area (Å²) in [5.41, 5.74) is -0.929. The van der Waals surface area contributed by atoms with Crippen LogP contribution in [0, 0.1) is 46.3 Å². The van der Waals surface area contributed by atoms with Crippen LogP contribution >= 0.6 is 0 Å². The van der Waals surface area contributed by atoms with Crippen LogP contribution in [0.15, 0.2) is 0 Å². The number of hydrogen-bond donors (Lipinski definition) is 5. The smallest absolute Gasteiger partial charge is 0.303 e. The average molecular weight is 439 g/mol. The Bertz CT molecular complexity index is 750. The second kappa shape index (κ2) is 7.51. The van der Waals surface area contributed by atoms with E-state index >= 15 is 0 Å². The quantitative estimate of drug-likeness (QED) is 0.423. The van der Waals surface area contributed by atoms with Gasteiger partial charge < -0.3 is 25.5 Å². The topological polar surface area (TPSA) is 135 Å². The first-order chi connectivity index (χ1) is 14.3. The fourth-order valence-electron chi connectivity index (χ4n) is 8.46. The minimum absolute atomic E-state index is 0.00908. The molecular formula is C24H38O7. The summed E-state index contributed by atoms with van der Waals surface area (Å²) in [7, 11) is 0. The van der Waals surface area contributed by atoms with Gasteiger partial charge in [-0.25, -0.2) is 0 Å². The zero-order valence-electron chi connectivity index (χ0n) is 18.8.